The molecule has 0 amide bonds. The fraction of sp³-hybridized carbons (Fsp3) is 0.571. The van der Waals surface area contributed by atoms with Crippen molar-refractivity contribution in [2.75, 3.05) is 33.7 Å². The van der Waals surface area contributed by atoms with Crippen molar-refractivity contribution >= 4 is 10.0 Å². The van der Waals surface area contributed by atoms with Crippen molar-refractivity contribution in [3.8, 4) is 0 Å². The maximum atomic E-state index is 12.6. The van der Waals surface area contributed by atoms with Gasteiger partial charge in [0.15, 0.2) is 0 Å². The fourth-order valence-electron chi connectivity index (χ4n) is 2.69. The molecule has 1 fully saturated rings. The minimum Gasteiger partial charge on any atom is -0.392 e. The Labute approximate surface area is 120 Å². The Morgan fingerprint density at radius 1 is 1.40 bits per heavy atom. The lowest BCUT2D eigenvalue weighted by Crippen LogP contribution is -2.33. The normalized spacial score (nSPS) is 20.7. The molecule has 0 aromatic heterocycles. The van der Waals surface area contributed by atoms with Gasteiger partial charge in [0.25, 0.3) is 0 Å². The number of nitrogens with zero attached hydrogens (tertiary/aromatic N) is 2. The second kappa shape index (κ2) is 6.22. The first-order chi connectivity index (χ1) is 9.45. The van der Waals surface area contributed by atoms with E-state index in [1.54, 1.807) is 31.3 Å². The summed E-state index contributed by atoms with van der Waals surface area (Å²) in [4.78, 5) is 2.42. The quantitative estimate of drug-likeness (QED) is 0.871. The van der Waals surface area contributed by atoms with Crippen LogP contribution in [0.25, 0.3) is 0 Å². The summed E-state index contributed by atoms with van der Waals surface area (Å²) in [5.41, 5.74) is 0.447. The highest BCUT2D eigenvalue weighted by Crippen LogP contribution is 2.22. The fourth-order valence-corrected chi connectivity index (χ4v) is 4.15. The van der Waals surface area contributed by atoms with Crippen molar-refractivity contribution in [3.05, 3.63) is 29.8 Å². The molecule has 1 heterocycles. The summed E-state index contributed by atoms with van der Waals surface area (Å²) in [5, 5.41) is 9.29. The van der Waals surface area contributed by atoms with Gasteiger partial charge in [-0.15, -0.1) is 0 Å². The first-order valence-corrected chi connectivity index (χ1v) is 8.23. The minimum atomic E-state index is -3.53. The van der Waals surface area contributed by atoms with Crippen LogP contribution in [-0.4, -0.2) is 56.5 Å². The van der Waals surface area contributed by atoms with Gasteiger partial charge in [-0.1, -0.05) is 18.2 Å². The minimum absolute atomic E-state index is 0.205. The first-order valence-electron chi connectivity index (χ1n) is 6.79. The summed E-state index contributed by atoms with van der Waals surface area (Å²) < 4.78 is 26.6. The molecule has 1 aliphatic heterocycles. The van der Waals surface area contributed by atoms with Crippen LogP contribution in [0.1, 0.15) is 12.0 Å². The summed E-state index contributed by atoms with van der Waals surface area (Å²) >= 11 is 0. The highest BCUT2D eigenvalue weighted by molar-refractivity contribution is 7.89. The SMILES string of the molecule is CN1CCC(CN(C)S(=O)(=O)c2ccccc2CO)C1. The molecule has 1 aliphatic rings. The van der Waals surface area contributed by atoms with Crippen molar-refractivity contribution in [2.24, 2.45) is 5.92 Å². The Morgan fingerprint density at radius 2 is 2.10 bits per heavy atom. The molecule has 0 aliphatic carbocycles. The van der Waals surface area contributed by atoms with E-state index in [-0.39, 0.29) is 11.5 Å². The van der Waals surface area contributed by atoms with E-state index in [0.717, 1.165) is 19.5 Å². The van der Waals surface area contributed by atoms with E-state index < -0.39 is 10.0 Å². The molecule has 0 saturated carbocycles. The number of rotatable bonds is 5. The van der Waals surface area contributed by atoms with E-state index in [0.29, 0.717) is 18.0 Å². The van der Waals surface area contributed by atoms with E-state index in [1.165, 1.54) is 4.31 Å². The summed E-state index contributed by atoms with van der Waals surface area (Å²) in [6, 6.07) is 6.61. The van der Waals surface area contributed by atoms with Crippen molar-refractivity contribution < 1.29 is 13.5 Å². The van der Waals surface area contributed by atoms with Gasteiger partial charge in [-0.2, -0.15) is 0 Å². The van der Waals surface area contributed by atoms with Gasteiger partial charge in [-0.3, -0.25) is 0 Å². The molecule has 0 spiro atoms. The van der Waals surface area contributed by atoms with Crippen LogP contribution in [0.2, 0.25) is 0 Å². The number of aliphatic hydroxyl groups is 1. The number of aliphatic hydroxyl groups excluding tert-OH is 1. The van der Waals surface area contributed by atoms with Crippen molar-refractivity contribution in [2.45, 2.75) is 17.9 Å². The van der Waals surface area contributed by atoms with Crippen LogP contribution in [0.4, 0.5) is 0 Å². The summed E-state index contributed by atoms with van der Waals surface area (Å²) in [6.45, 7) is 2.20. The standard InChI is InChI=1S/C14H22N2O3S/c1-15-8-7-12(9-15)10-16(2)20(18,19)14-6-4-3-5-13(14)11-17/h3-6,12,17H,7-11H2,1-2H3. The monoisotopic (exact) mass is 298 g/mol. The lowest BCUT2D eigenvalue weighted by atomic mass is 10.1. The van der Waals surface area contributed by atoms with E-state index >= 15 is 0 Å². The number of hydrogen-bond donors (Lipinski definition) is 1. The lowest BCUT2D eigenvalue weighted by molar-refractivity contribution is 0.278. The number of benzene rings is 1. The predicted molar refractivity (Wildman–Crippen MR) is 77.8 cm³/mol. The second-order valence-corrected chi connectivity index (χ2v) is 7.48. The molecule has 6 heteroatoms. The van der Waals surface area contributed by atoms with Crippen molar-refractivity contribution in [1.29, 1.82) is 0 Å². The van der Waals surface area contributed by atoms with Crippen molar-refractivity contribution in [1.82, 2.24) is 9.21 Å². The summed E-state index contributed by atoms with van der Waals surface area (Å²) in [7, 11) is 0.132. The predicted octanol–water partition coefficient (Wildman–Crippen LogP) is 0.751. The molecule has 5 nitrogen and oxygen atoms in total. The molecular weight excluding hydrogens is 276 g/mol. The Morgan fingerprint density at radius 3 is 2.70 bits per heavy atom. The van der Waals surface area contributed by atoms with E-state index in [9.17, 15) is 13.5 Å². The largest absolute Gasteiger partial charge is 0.392 e. The van der Waals surface area contributed by atoms with Gasteiger partial charge in [0.1, 0.15) is 0 Å². The zero-order chi connectivity index (χ0) is 14.8. The number of hydrogen-bond acceptors (Lipinski definition) is 4. The maximum Gasteiger partial charge on any atom is 0.243 e. The maximum absolute atomic E-state index is 12.6. The molecule has 1 saturated heterocycles. The molecule has 2 rings (SSSR count). The van der Waals surface area contributed by atoms with Gasteiger partial charge in [-0.25, -0.2) is 12.7 Å². The molecule has 20 heavy (non-hydrogen) atoms. The average molecular weight is 298 g/mol. The van der Waals surface area contributed by atoms with Crippen LogP contribution in [0.3, 0.4) is 0 Å². The molecule has 1 unspecified atom stereocenters. The van der Waals surface area contributed by atoms with Gasteiger partial charge in [0.05, 0.1) is 11.5 Å². The van der Waals surface area contributed by atoms with E-state index in [4.69, 9.17) is 0 Å². The van der Waals surface area contributed by atoms with Crippen LogP contribution in [0, 0.1) is 5.92 Å². The van der Waals surface area contributed by atoms with Gasteiger partial charge in [0.2, 0.25) is 10.0 Å². The molecule has 1 aromatic carbocycles. The third-order valence-electron chi connectivity index (χ3n) is 3.84. The van der Waals surface area contributed by atoms with E-state index in [2.05, 4.69) is 11.9 Å². The molecule has 112 valence electrons. The third-order valence-corrected chi connectivity index (χ3v) is 5.76. The molecule has 0 radical (unpaired) electrons. The molecule has 0 bridgehead atoms. The highest BCUT2D eigenvalue weighted by Gasteiger charge is 2.28. The Hall–Kier alpha value is -0.950. The summed E-state index contributed by atoms with van der Waals surface area (Å²) in [6.07, 6.45) is 1.03. The molecule has 1 aromatic rings. The lowest BCUT2D eigenvalue weighted by Gasteiger charge is -2.22. The van der Waals surface area contributed by atoms with Gasteiger partial charge in [0, 0.05) is 20.1 Å². The van der Waals surface area contributed by atoms with Gasteiger partial charge < -0.3 is 10.0 Å². The van der Waals surface area contributed by atoms with Crippen LogP contribution in [0.5, 0.6) is 0 Å². The Bertz CT molecular complexity index is 559. The summed E-state index contributed by atoms with van der Waals surface area (Å²) in [5.74, 6) is 0.376. The first kappa shape index (κ1) is 15.4. The Kier molecular flexibility index (Phi) is 4.80. The van der Waals surface area contributed by atoms with Crippen LogP contribution in [-0.2, 0) is 16.6 Å². The zero-order valence-corrected chi connectivity index (χ0v) is 12.8. The van der Waals surface area contributed by atoms with Crippen LogP contribution < -0.4 is 0 Å². The van der Waals surface area contributed by atoms with E-state index in [1.807, 2.05) is 0 Å². The average Bonchev–Trinajstić information content (AvgIpc) is 2.84. The Balaban J connectivity index is 2.17. The number of sulfonamides is 1. The molecular formula is C14H22N2O3S. The topological polar surface area (TPSA) is 60.9 Å². The second-order valence-electron chi connectivity index (χ2n) is 5.47. The number of likely N-dealkylation sites (tertiary alicyclic amines) is 1. The van der Waals surface area contributed by atoms with Gasteiger partial charge >= 0.3 is 0 Å². The smallest absolute Gasteiger partial charge is 0.243 e. The molecule has 1 atom stereocenters. The highest BCUT2D eigenvalue weighted by atomic mass is 32.2. The van der Waals surface area contributed by atoms with Crippen molar-refractivity contribution in [3.63, 3.8) is 0 Å². The van der Waals surface area contributed by atoms with Crippen LogP contribution >= 0.6 is 0 Å². The molecule has 1 N–H and O–H groups in total. The van der Waals surface area contributed by atoms with Crippen LogP contribution in [0.15, 0.2) is 29.2 Å². The third kappa shape index (κ3) is 3.20. The zero-order valence-electron chi connectivity index (χ0n) is 12.0. The van der Waals surface area contributed by atoms with Gasteiger partial charge in [-0.05, 0) is 37.6 Å².